The first-order valence-corrected chi connectivity index (χ1v) is 7.25. The molecular weight excluding hydrogens is 266 g/mol. The lowest BCUT2D eigenvalue weighted by molar-refractivity contribution is 0.197. The Bertz CT molecular complexity index is 575. The molecule has 3 heterocycles. The molecule has 1 aliphatic heterocycles. The lowest BCUT2D eigenvalue weighted by Gasteiger charge is -2.17. The second-order valence-corrected chi connectivity index (χ2v) is 5.87. The maximum atomic E-state index is 11.5. The molecule has 4 nitrogen and oxygen atoms in total. The Labute approximate surface area is 112 Å². The summed E-state index contributed by atoms with van der Waals surface area (Å²) in [6.45, 7) is 0. The number of nitrogens with zero attached hydrogens (tertiary/aromatic N) is 2. The number of nitrogens with two attached hydrogens (primary N) is 1. The first-order chi connectivity index (χ1) is 8.75. The molecule has 2 amide bonds. The van der Waals surface area contributed by atoms with Crippen LogP contribution in [0.2, 0.25) is 0 Å². The molecule has 0 saturated heterocycles. The standard InChI is InChI=1S/C12H11N3OS2/c13-12(16)15-9(11-4-2-6-18-11)7-8(14-15)10-3-1-5-17-10/h1-6,9H,7H2,(H2,13,16)/t9-/m1/s1. The Kier molecular flexibility index (Phi) is 2.89. The molecule has 0 aliphatic carbocycles. The number of urea groups is 1. The van der Waals surface area contributed by atoms with Crippen molar-refractivity contribution < 1.29 is 4.79 Å². The van der Waals surface area contributed by atoms with Gasteiger partial charge in [-0.3, -0.25) is 0 Å². The van der Waals surface area contributed by atoms with Crippen molar-refractivity contribution in [3.05, 3.63) is 44.8 Å². The van der Waals surface area contributed by atoms with Crippen LogP contribution in [0, 0.1) is 0 Å². The molecule has 0 radical (unpaired) electrons. The third-order valence-corrected chi connectivity index (χ3v) is 4.71. The van der Waals surface area contributed by atoms with E-state index in [9.17, 15) is 4.79 Å². The normalized spacial score (nSPS) is 19.0. The van der Waals surface area contributed by atoms with Crippen LogP contribution in [0.25, 0.3) is 0 Å². The largest absolute Gasteiger partial charge is 0.350 e. The first-order valence-electron chi connectivity index (χ1n) is 5.49. The van der Waals surface area contributed by atoms with E-state index >= 15 is 0 Å². The van der Waals surface area contributed by atoms with Crippen molar-refractivity contribution in [1.82, 2.24) is 5.01 Å². The van der Waals surface area contributed by atoms with Crippen molar-refractivity contribution in [2.45, 2.75) is 12.5 Å². The van der Waals surface area contributed by atoms with Crippen LogP contribution in [0.3, 0.4) is 0 Å². The second kappa shape index (κ2) is 4.55. The van der Waals surface area contributed by atoms with Gasteiger partial charge in [-0.15, -0.1) is 22.7 Å². The van der Waals surface area contributed by atoms with E-state index < -0.39 is 6.03 Å². The van der Waals surface area contributed by atoms with E-state index in [1.165, 1.54) is 5.01 Å². The van der Waals surface area contributed by atoms with Crippen LogP contribution in [0.4, 0.5) is 4.79 Å². The fourth-order valence-electron chi connectivity index (χ4n) is 2.01. The van der Waals surface area contributed by atoms with E-state index in [1.54, 1.807) is 22.7 Å². The van der Waals surface area contributed by atoms with Gasteiger partial charge in [-0.25, -0.2) is 9.80 Å². The molecule has 2 N–H and O–H groups in total. The van der Waals surface area contributed by atoms with Crippen molar-refractivity contribution in [2.24, 2.45) is 10.8 Å². The molecule has 18 heavy (non-hydrogen) atoms. The summed E-state index contributed by atoms with van der Waals surface area (Å²) in [6.07, 6.45) is 0.726. The molecule has 0 saturated carbocycles. The number of primary amides is 1. The van der Waals surface area contributed by atoms with Gasteiger partial charge in [0, 0.05) is 11.3 Å². The summed E-state index contributed by atoms with van der Waals surface area (Å²) in [5.74, 6) is 0. The molecule has 6 heteroatoms. The number of rotatable bonds is 2. The van der Waals surface area contributed by atoms with Crippen molar-refractivity contribution in [3.8, 4) is 0 Å². The smallest absolute Gasteiger partial charge is 0.335 e. The molecule has 0 fully saturated rings. The van der Waals surface area contributed by atoms with Gasteiger partial charge in [0.25, 0.3) is 0 Å². The summed E-state index contributed by atoms with van der Waals surface area (Å²) in [5.41, 5.74) is 6.33. The van der Waals surface area contributed by atoms with E-state index in [0.717, 1.165) is 21.9 Å². The van der Waals surface area contributed by atoms with Crippen LogP contribution in [0.5, 0.6) is 0 Å². The minimum absolute atomic E-state index is 0.0559. The molecule has 0 bridgehead atoms. The fourth-order valence-corrected chi connectivity index (χ4v) is 3.54. The molecule has 1 atom stereocenters. The van der Waals surface area contributed by atoms with Gasteiger partial charge >= 0.3 is 6.03 Å². The highest BCUT2D eigenvalue weighted by atomic mass is 32.1. The van der Waals surface area contributed by atoms with E-state index in [1.807, 2.05) is 35.0 Å². The molecule has 3 rings (SSSR count). The number of thiophene rings is 2. The topological polar surface area (TPSA) is 58.7 Å². The number of hydrazone groups is 1. The first kappa shape index (κ1) is 11.4. The molecular formula is C12H11N3OS2. The number of hydrogen-bond donors (Lipinski definition) is 1. The monoisotopic (exact) mass is 277 g/mol. The molecule has 0 spiro atoms. The van der Waals surface area contributed by atoms with Gasteiger partial charge in [0.05, 0.1) is 16.6 Å². The molecule has 92 valence electrons. The summed E-state index contributed by atoms with van der Waals surface area (Å²) in [4.78, 5) is 13.7. The van der Waals surface area contributed by atoms with Crippen LogP contribution in [0.1, 0.15) is 22.2 Å². The molecule has 0 aromatic carbocycles. The van der Waals surface area contributed by atoms with Gasteiger partial charge in [0.15, 0.2) is 0 Å². The van der Waals surface area contributed by atoms with Crippen LogP contribution in [-0.2, 0) is 0 Å². The third kappa shape index (κ3) is 1.93. The van der Waals surface area contributed by atoms with Gasteiger partial charge in [-0.1, -0.05) is 12.1 Å². The molecule has 2 aromatic heterocycles. The maximum absolute atomic E-state index is 11.5. The number of amides is 2. The maximum Gasteiger partial charge on any atom is 0.335 e. The summed E-state index contributed by atoms with van der Waals surface area (Å²) in [5, 5.41) is 9.75. The Morgan fingerprint density at radius 2 is 2.11 bits per heavy atom. The Balaban J connectivity index is 1.93. The van der Waals surface area contributed by atoms with Gasteiger partial charge in [-0.05, 0) is 22.9 Å². The third-order valence-electron chi connectivity index (χ3n) is 2.81. The molecule has 1 aliphatic rings. The lowest BCUT2D eigenvalue weighted by Crippen LogP contribution is -2.31. The van der Waals surface area contributed by atoms with E-state index in [4.69, 9.17) is 5.73 Å². The van der Waals surface area contributed by atoms with Crippen molar-refractivity contribution in [2.75, 3.05) is 0 Å². The van der Waals surface area contributed by atoms with Crippen LogP contribution < -0.4 is 5.73 Å². The minimum atomic E-state index is -0.500. The molecule has 0 unspecified atom stereocenters. The SMILES string of the molecule is NC(=O)N1N=C(c2cccs2)C[C@@H]1c1cccs1. The van der Waals surface area contributed by atoms with E-state index in [-0.39, 0.29) is 6.04 Å². The summed E-state index contributed by atoms with van der Waals surface area (Å²) >= 11 is 3.25. The molecule has 2 aromatic rings. The Morgan fingerprint density at radius 1 is 1.33 bits per heavy atom. The minimum Gasteiger partial charge on any atom is -0.350 e. The zero-order chi connectivity index (χ0) is 12.5. The van der Waals surface area contributed by atoms with Crippen molar-refractivity contribution in [1.29, 1.82) is 0 Å². The second-order valence-electron chi connectivity index (χ2n) is 3.94. The van der Waals surface area contributed by atoms with Crippen molar-refractivity contribution >= 4 is 34.4 Å². The summed E-state index contributed by atoms with van der Waals surface area (Å²) < 4.78 is 0. The number of carbonyl (C=O) groups excluding carboxylic acids is 1. The average Bonchev–Trinajstić information content (AvgIpc) is 3.10. The fraction of sp³-hybridized carbons (Fsp3) is 0.167. The summed E-state index contributed by atoms with van der Waals surface area (Å²) in [7, 11) is 0. The van der Waals surface area contributed by atoms with Gasteiger partial charge in [0.2, 0.25) is 0 Å². The Hall–Kier alpha value is -1.66. The summed E-state index contributed by atoms with van der Waals surface area (Å²) in [6, 6.07) is 7.43. The lowest BCUT2D eigenvalue weighted by atomic mass is 10.1. The van der Waals surface area contributed by atoms with Crippen LogP contribution in [-0.4, -0.2) is 16.8 Å². The van der Waals surface area contributed by atoms with Crippen LogP contribution in [0.15, 0.2) is 40.1 Å². The number of hydrogen-bond acceptors (Lipinski definition) is 4. The zero-order valence-electron chi connectivity index (χ0n) is 9.45. The predicted octanol–water partition coefficient (Wildman–Crippen LogP) is 3.04. The highest BCUT2D eigenvalue weighted by molar-refractivity contribution is 7.12. The Morgan fingerprint density at radius 3 is 2.72 bits per heavy atom. The number of carbonyl (C=O) groups is 1. The van der Waals surface area contributed by atoms with Crippen LogP contribution >= 0.6 is 22.7 Å². The average molecular weight is 277 g/mol. The van der Waals surface area contributed by atoms with Crippen molar-refractivity contribution in [3.63, 3.8) is 0 Å². The quantitative estimate of drug-likeness (QED) is 0.901. The van der Waals surface area contributed by atoms with Gasteiger partial charge in [-0.2, -0.15) is 5.10 Å². The van der Waals surface area contributed by atoms with E-state index in [2.05, 4.69) is 5.10 Å². The highest BCUT2D eigenvalue weighted by Gasteiger charge is 2.32. The van der Waals surface area contributed by atoms with Gasteiger partial charge < -0.3 is 5.73 Å². The van der Waals surface area contributed by atoms with E-state index in [0.29, 0.717) is 0 Å². The van der Waals surface area contributed by atoms with Gasteiger partial charge in [0.1, 0.15) is 0 Å². The predicted molar refractivity (Wildman–Crippen MR) is 74.0 cm³/mol. The highest BCUT2D eigenvalue weighted by Crippen LogP contribution is 2.35. The zero-order valence-corrected chi connectivity index (χ0v) is 11.1.